The van der Waals surface area contributed by atoms with Crippen LogP contribution in [0, 0.1) is 31.3 Å². The molecule has 5 rings (SSSR count). The number of carbonyl (C=O) groups is 3. The van der Waals surface area contributed by atoms with E-state index in [0.29, 0.717) is 12.1 Å². The Morgan fingerprint density at radius 2 is 1.29 bits per heavy atom. The maximum absolute atomic E-state index is 13.7. The molecule has 0 fully saturated rings. The summed E-state index contributed by atoms with van der Waals surface area (Å²) in [7, 11) is 0. The molecule has 1 aliphatic heterocycles. The van der Waals surface area contributed by atoms with Crippen LogP contribution in [0.5, 0.6) is 0 Å². The number of aromatic nitrogens is 3. The van der Waals surface area contributed by atoms with Gasteiger partial charge >= 0.3 is 6.18 Å². The van der Waals surface area contributed by atoms with Crippen LogP contribution in [0.15, 0.2) is 60.7 Å². The van der Waals surface area contributed by atoms with Crippen molar-refractivity contribution < 1.29 is 61.2 Å². The highest BCUT2D eigenvalue weighted by molar-refractivity contribution is 5.91. The fourth-order valence-electron chi connectivity index (χ4n) is 5.55. The van der Waals surface area contributed by atoms with Crippen molar-refractivity contribution in [2.24, 2.45) is 5.73 Å². The van der Waals surface area contributed by atoms with E-state index in [1.807, 2.05) is 0 Å². The summed E-state index contributed by atoms with van der Waals surface area (Å²) in [5, 5.41) is 51.4. The predicted molar refractivity (Wildman–Crippen MR) is 163 cm³/mol. The normalized spacial score (nSPS) is 15.7. The molecule has 4 N–H and O–H groups in total. The number of carboxylic acids is 2. The Morgan fingerprint density at radius 3 is 1.75 bits per heavy atom. The second-order valence-electron chi connectivity index (χ2n) is 12.2. The molecule has 0 bridgehead atoms. The van der Waals surface area contributed by atoms with Gasteiger partial charge in [-0.1, -0.05) is 59.7 Å². The lowest BCUT2D eigenvalue weighted by molar-refractivity contribution is -0.363. The number of aliphatic hydroxyl groups is 2. The van der Waals surface area contributed by atoms with Gasteiger partial charge in [-0.2, -0.15) is 13.2 Å². The summed E-state index contributed by atoms with van der Waals surface area (Å²) in [5.41, 5.74) is 0.00417. The molecule has 18 heteroatoms. The predicted octanol–water partition coefficient (Wildman–Crippen LogP) is 0.895. The van der Waals surface area contributed by atoms with E-state index in [9.17, 15) is 61.2 Å². The highest BCUT2D eigenvalue weighted by Crippen LogP contribution is 2.41. The van der Waals surface area contributed by atoms with E-state index in [2.05, 4.69) is 10.2 Å². The second-order valence-corrected chi connectivity index (χ2v) is 12.2. The number of halogens is 6. The van der Waals surface area contributed by atoms with Crippen LogP contribution in [0.3, 0.4) is 0 Å². The first kappa shape index (κ1) is 39.5. The van der Waals surface area contributed by atoms with Gasteiger partial charge in [0, 0.05) is 31.6 Å². The van der Waals surface area contributed by atoms with Gasteiger partial charge in [-0.3, -0.25) is 4.79 Å². The molecule has 0 unspecified atom stereocenters. The summed E-state index contributed by atoms with van der Waals surface area (Å²) < 4.78 is 79.3. The van der Waals surface area contributed by atoms with E-state index in [-0.39, 0.29) is 55.0 Å². The lowest BCUT2D eigenvalue weighted by Crippen LogP contribution is -2.66. The zero-order valence-corrected chi connectivity index (χ0v) is 27.5. The fourth-order valence-corrected chi connectivity index (χ4v) is 5.55. The molecule has 4 aromatic rings. The van der Waals surface area contributed by atoms with Crippen LogP contribution in [0.25, 0.3) is 0 Å². The molecule has 278 valence electrons. The number of carbonyl (C=O) groups excluding carboxylic acids is 3. The van der Waals surface area contributed by atoms with Crippen LogP contribution in [0.2, 0.25) is 0 Å². The molecule has 12 nitrogen and oxygen atoms in total. The molecule has 3 atom stereocenters. The second kappa shape index (κ2) is 15.1. The number of amides is 1. The molecule has 1 amide bonds. The fraction of sp³-hybridized carbons (Fsp3) is 0.324. The van der Waals surface area contributed by atoms with Crippen molar-refractivity contribution in [3.8, 4) is 0 Å². The van der Waals surface area contributed by atoms with Gasteiger partial charge in [-0.05, 0) is 43.0 Å². The number of nitrogens with zero attached hydrogens (tertiary/aromatic N) is 4. The summed E-state index contributed by atoms with van der Waals surface area (Å²) in [4.78, 5) is 37.0. The Labute approximate surface area is 291 Å². The van der Waals surface area contributed by atoms with Gasteiger partial charge in [0.1, 0.15) is 5.82 Å². The summed E-state index contributed by atoms with van der Waals surface area (Å²) in [6.07, 6.45) is -5.11. The lowest BCUT2D eigenvalue weighted by Gasteiger charge is -2.45. The third-order valence-corrected chi connectivity index (χ3v) is 8.42. The van der Waals surface area contributed by atoms with Crippen molar-refractivity contribution >= 4 is 17.8 Å². The van der Waals surface area contributed by atoms with E-state index >= 15 is 0 Å². The van der Waals surface area contributed by atoms with Gasteiger partial charge in [-0.15, -0.1) is 10.2 Å². The Kier molecular flexibility index (Phi) is 11.5. The maximum atomic E-state index is 13.7. The van der Waals surface area contributed by atoms with Gasteiger partial charge in [0.25, 0.3) is 0 Å². The Bertz CT molecular complexity index is 1890. The molecular weight excluding hydrogens is 704 g/mol. The highest BCUT2D eigenvalue weighted by atomic mass is 19.4. The third kappa shape index (κ3) is 7.93. The number of alkyl halides is 3. The molecule has 1 aromatic heterocycles. The molecule has 0 spiro atoms. The van der Waals surface area contributed by atoms with Crippen LogP contribution >= 0.6 is 0 Å². The number of aryl methyl sites for hydroxylation is 2. The molecular formula is C34H31F6N5O7-2. The van der Waals surface area contributed by atoms with E-state index in [1.165, 1.54) is 53.4 Å². The Morgan fingerprint density at radius 1 is 0.808 bits per heavy atom. The van der Waals surface area contributed by atoms with Crippen molar-refractivity contribution in [2.75, 3.05) is 6.54 Å². The zero-order chi connectivity index (χ0) is 38.8. The third-order valence-electron chi connectivity index (χ3n) is 8.42. The molecule has 2 heterocycles. The van der Waals surface area contributed by atoms with Gasteiger partial charge in [0.05, 0.1) is 18.5 Å². The van der Waals surface area contributed by atoms with Gasteiger partial charge in [0.15, 0.2) is 28.7 Å². The summed E-state index contributed by atoms with van der Waals surface area (Å²) in [6, 6.07) is 11.0. The monoisotopic (exact) mass is 735 g/mol. The van der Waals surface area contributed by atoms with Crippen molar-refractivity contribution in [1.29, 1.82) is 0 Å². The van der Waals surface area contributed by atoms with Crippen molar-refractivity contribution in [2.45, 2.75) is 63.2 Å². The Hall–Kier alpha value is -5.33. The average molecular weight is 736 g/mol. The van der Waals surface area contributed by atoms with Crippen LogP contribution in [0.4, 0.5) is 26.3 Å². The first-order valence-corrected chi connectivity index (χ1v) is 15.4. The van der Waals surface area contributed by atoms with Crippen molar-refractivity contribution in [3.63, 3.8) is 0 Å². The minimum Gasteiger partial charge on any atom is -0.546 e. The number of nitrogens with two attached hydrogens (primary N) is 1. The minimum absolute atomic E-state index is 0.000783. The largest absolute Gasteiger partial charge is 0.546 e. The highest BCUT2D eigenvalue weighted by Gasteiger charge is 2.54. The first-order valence-electron chi connectivity index (χ1n) is 15.4. The average Bonchev–Trinajstić information content (AvgIpc) is 3.51. The zero-order valence-electron chi connectivity index (χ0n) is 27.5. The molecule has 0 aliphatic carbocycles. The number of rotatable bonds is 9. The number of fused-ring (bicyclic) bond motifs is 1. The number of hydrogen-bond donors (Lipinski definition) is 3. The van der Waals surface area contributed by atoms with Crippen LogP contribution in [-0.2, 0) is 51.3 Å². The van der Waals surface area contributed by atoms with E-state index in [4.69, 9.17) is 5.73 Å². The summed E-state index contributed by atoms with van der Waals surface area (Å²) in [5.74, 6) is -9.46. The standard InChI is InChI=1S/C18H18O6.C16H15F6N5O/c1-11-3-7-13(8-4-11)17(23,15(19)20)18(24,16(21)22)14-9-5-12(2)6-10-14;17-10-6-12(19)11(18)4-8(10)3-9(23)5-14(28)26-1-2-27-13(7-26)24-25-15(27)16(20,21)22/h3-10,23-24H,1-2H3,(H,19,20)(H,21,22);4,6,9H,1-3,5,7,23H2/p-2/t17-,18-;9-/m01/s1. The van der Waals surface area contributed by atoms with Gasteiger partial charge in [0.2, 0.25) is 11.7 Å². The van der Waals surface area contributed by atoms with Gasteiger partial charge in [-0.25, -0.2) is 13.2 Å². The number of aliphatic carboxylic acids is 2. The van der Waals surface area contributed by atoms with E-state index in [1.54, 1.807) is 13.8 Å². The Balaban J connectivity index is 0.000000236. The molecule has 0 saturated heterocycles. The minimum atomic E-state index is -4.64. The first-order chi connectivity index (χ1) is 24.2. The van der Waals surface area contributed by atoms with Crippen molar-refractivity contribution in [3.05, 3.63) is 118 Å². The van der Waals surface area contributed by atoms with Crippen LogP contribution in [0.1, 0.15) is 45.9 Å². The molecule has 0 saturated carbocycles. The maximum Gasteiger partial charge on any atom is 0.451 e. The van der Waals surface area contributed by atoms with E-state index < -0.39 is 64.5 Å². The molecule has 1 aliphatic rings. The SMILES string of the molecule is Cc1ccc([C@](O)(C(=O)[O-])[C@@](O)(C(=O)[O-])c2ccc(C)cc2)cc1.N[C@@H](CC(=O)N1CCn2c(nnc2C(F)(F)F)C1)Cc1cc(F)c(F)cc1F. The van der Waals surface area contributed by atoms with Crippen LogP contribution < -0.4 is 15.9 Å². The smallest absolute Gasteiger partial charge is 0.451 e. The summed E-state index contributed by atoms with van der Waals surface area (Å²) >= 11 is 0. The quantitative estimate of drug-likeness (QED) is 0.164. The van der Waals surface area contributed by atoms with Crippen molar-refractivity contribution in [1.82, 2.24) is 19.7 Å². The lowest BCUT2D eigenvalue weighted by atomic mass is 9.73. The number of carboxylic acid groups (broad SMARTS) is 2. The summed E-state index contributed by atoms with van der Waals surface area (Å²) in [6.45, 7) is 3.16. The van der Waals surface area contributed by atoms with Crippen LogP contribution in [-0.4, -0.2) is 60.3 Å². The molecule has 52 heavy (non-hydrogen) atoms. The van der Waals surface area contributed by atoms with Gasteiger partial charge < -0.3 is 45.2 Å². The molecule has 0 radical (unpaired) electrons. The number of benzene rings is 3. The molecule has 3 aromatic carbocycles. The number of hydrogen-bond acceptors (Lipinski definition) is 10. The van der Waals surface area contributed by atoms with E-state index in [0.717, 1.165) is 15.7 Å². The topological polar surface area (TPSA) is 198 Å².